The van der Waals surface area contributed by atoms with E-state index in [1.54, 1.807) is 27.6 Å². The SMILES string of the molecule is Cc1cc(C(=O)N2CC3(CNC(=O)N3C)C2)nn1C. The van der Waals surface area contributed by atoms with E-state index < -0.39 is 0 Å². The van der Waals surface area contributed by atoms with Crippen molar-refractivity contribution in [3.8, 4) is 0 Å². The Labute approximate surface area is 111 Å². The van der Waals surface area contributed by atoms with Crippen LogP contribution in [0.3, 0.4) is 0 Å². The van der Waals surface area contributed by atoms with E-state index in [-0.39, 0.29) is 17.5 Å². The second kappa shape index (κ2) is 3.72. The topological polar surface area (TPSA) is 70.5 Å². The molecular formula is C12H17N5O2. The third-order valence-electron chi connectivity index (χ3n) is 4.18. The lowest BCUT2D eigenvalue weighted by Gasteiger charge is -2.50. The van der Waals surface area contributed by atoms with Gasteiger partial charge in [-0.1, -0.05) is 0 Å². The maximum atomic E-state index is 12.2. The molecule has 2 aliphatic heterocycles. The van der Waals surface area contributed by atoms with Crippen LogP contribution in [0.15, 0.2) is 6.07 Å². The first kappa shape index (κ1) is 12.0. The number of nitrogens with zero attached hydrogens (tertiary/aromatic N) is 4. The number of amides is 3. The first-order valence-corrected chi connectivity index (χ1v) is 6.24. The summed E-state index contributed by atoms with van der Waals surface area (Å²) in [7, 11) is 3.59. The molecule has 0 saturated carbocycles. The average molecular weight is 263 g/mol. The molecule has 0 atom stereocenters. The number of carbonyl (C=O) groups excluding carboxylic acids is 2. The molecule has 0 bridgehead atoms. The minimum Gasteiger partial charge on any atom is -0.335 e. The maximum absolute atomic E-state index is 12.2. The minimum absolute atomic E-state index is 0.0675. The number of hydrogen-bond acceptors (Lipinski definition) is 3. The fourth-order valence-corrected chi connectivity index (χ4v) is 2.65. The summed E-state index contributed by atoms with van der Waals surface area (Å²) in [5, 5.41) is 7.00. The fraction of sp³-hybridized carbons (Fsp3) is 0.583. The highest BCUT2D eigenvalue weighted by molar-refractivity contribution is 5.93. The van der Waals surface area contributed by atoms with E-state index in [2.05, 4.69) is 10.4 Å². The predicted molar refractivity (Wildman–Crippen MR) is 67.7 cm³/mol. The quantitative estimate of drug-likeness (QED) is 0.748. The molecule has 102 valence electrons. The zero-order valence-corrected chi connectivity index (χ0v) is 11.3. The number of nitrogens with one attached hydrogen (secondary N) is 1. The molecule has 1 aromatic heterocycles. The molecule has 3 heterocycles. The Bertz CT molecular complexity index is 539. The molecule has 1 N–H and O–H groups in total. The third kappa shape index (κ3) is 1.61. The van der Waals surface area contributed by atoms with E-state index in [1.165, 1.54) is 0 Å². The first-order valence-electron chi connectivity index (χ1n) is 6.24. The molecular weight excluding hydrogens is 246 g/mol. The van der Waals surface area contributed by atoms with Crippen molar-refractivity contribution in [2.75, 3.05) is 26.7 Å². The van der Waals surface area contributed by atoms with Gasteiger partial charge in [0.15, 0.2) is 5.69 Å². The van der Waals surface area contributed by atoms with Crippen LogP contribution in [-0.2, 0) is 7.05 Å². The molecule has 7 heteroatoms. The van der Waals surface area contributed by atoms with Gasteiger partial charge in [0.25, 0.3) is 5.91 Å². The van der Waals surface area contributed by atoms with Crippen molar-refractivity contribution >= 4 is 11.9 Å². The van der Waals surface area contributed by atoms with Gasteiger partial charge in [-0.25, -0.2) is 4.79 Å². The lowest BCUT2D eigenvalue weighted by molar-refractivity contribution is 0.00730. The standard InChI is InChI=1S/C12H17N5O2/c1-8-4-9(14-16(8)3)10(18)17-6-12(7-17)5-13-11(19)15(12)2/h4H,5-7H2,1-3H3,(H,13,19). The molecule has 1 spiro atoms. The maximum Gasteiger partial charge on any atom is 0.317 e. The number of carbonyl (C=O) groups is 2. The van der Waals surface area contributed by atoms with Gasteiger partial charge in [-0.15, -0.1) is 0 Å². The lowest BCUT2D eigenvalue weighted by atomic mass is 9.89. The number of hydrogen-bond donors (Lipinski definition) is 1. The van der Waals surface area contributed by atoms with Crippen molar-refractivity contribution in [1.82, 2.24) is 24.9 Å². The first-order chi connectivity index (χ1) is 8.93. The van der Waals surface area contributed by atoms with E-state index in [0.717, 1.165) is 5.69 Å². The zero-order valence-electron chi connectivity index (χ0n) is 11.3. The van der Waals surface area contributed by atoms with Crippen LogP contribution in [0.4, 0.5) is 4.79 Å². The molecule has 2 fully saturated rings. The second-order valence-electron chi connectivity index (χ2n) is 5.40. The highest BCUT2D eigenvalue weighted by Gasteiger charge is 2.53. The Hall–Kier alpha value is -2.05. The Morgan fingerprint density at radius 1 is 1.42 bits per heavy atom. The van der Waals surface area contributed by atoms with Gasteiger partial charge in [0.1, 0.15) is 0 Å². The summed E-state index contributed by atoms with van der Waals surface area (Å²) < 4.78 is 1.69. The fourth-order valence-electron chi connectivity index (χ4n) is 2.65. The summed E-state index contributed by atoms with van der Waals surface area (Å²) >= 11 is 0. The number of aromatic nitrogens is 2. The molecule has 0 aromatic carbocycles. The van der Waals surface area contributed by atoms with Crippen LogP contribution >= 0.6 is 0 Å². The molecule has 3 rings (SSSR count). The van der Waals surface area contributed by atoms with E-state index in [0.29, 0.717) is 25.3 Å². The van der Waals surface area contributed by atoms with Crippen LogP contribution in [0, 0.1) is 6.92 Å². The largest absolute Gasteiger partial charge is 0.335 e. The molecule has 1 aromatic rings. The second-order valence-corrected chi connectivity index (χ2v) is 5.40. The molecule has 7 nitrogen and oxygen atoms in total. The normalized spacial score (nSPS) is 20.7. The van der Waals surface area contributed by atoms with Gasteiger partial charge in [0, 0.05) is 39.4 Å². The van der Waals surface area contributed by atoms with E-state index in [1.807, 2.05) is 14.0 Å². The average Bonchev–Trinajstić information content (AvgIpc) is 2.80. The van der Waals surface area contributed by atoms with Gasteiger partial charge >= 0.3 is 6.03 Å². The van der Waals surface area contributed by atoms with Crippen LogP contribution in [-0.4, -0.2) is 63.7 Å². The summed E-state index contributed by atoms with van der Waals surface area (Å²) in [6.45, 7) is 3.65. The van der Waals surface area contributed by atoms with E-state index in [4.69, 9.17) is 0 Å². The molecule has 0 unspecified atom stereocenters. The molecule has 2 aliphatic rings. The predicted octanol–water partition coefficient (Wildman–Crippen LogP) is -0.422. The van der Waals surface area contributed by atoms with Crippen molar-refractivity contribution in [3.05, 3.63) is 17.5 Å². The number of likely N-dealkylation sites (tertiary alicyclic amines) is 1. The van der Waals surface area contributed by atoms with E-state index in [9.17, 15) is 9.59 Å². The molecule has 19 heavy (non-hydrogen) atoms. The van der Waals surface area contributed by atoms with Crippen LogP contribution in [0.5, 0.6) is 0 Å². The van der Waals surface area contributed by atoms with Crippen LogP contribution in [0.25, 0.3) is 0 Å². The molecule has 2 saturated heterocycles. The van der Waals surface area contributed by atoms with Crippen LogP contribution in [0.2, 0.25) is 0 Å². The van der Waals surface area contributed by atoms with Crippen molar-refractivity contribution in [1.29, 1.82) is 0 Å². The summed E-state index contributed by atoms with van der Waals surface area (Å²) in [5.41, 5.74) is 1.19. The van der Waals surface area contributed by atoms with Gasteiger partial charge < -0.3 is 15.1 Å². The van der Waals surface area contributed by atoms with Gasteiger partial charge in [-0.05, 0) is 13.0 Å². The monoisotopic (exact) mass is 263 g/mol. The van der Waals surface area contributed by atoms with Crippen molar-refractivity contribution in [2.24, 2.45) is 7.05 Å². The smallest absolute Gasteiger partial charge is 0.317 e. The van der Waals surface area contributed by atoms with Gasteiger partial charge in [0.05, 0.1) is 5.54 Å². The van der Waals surface area contributed by atoms with E-state index >= 15 is 0 Å². The number of likely N-dealkylation sites (N-methyl/N-ethyl adjacent to an activating group) is 1. The molecule has 0 aliphatic carbocycles. The minimum atomic E-state index is -0.226. The summed E-state index contributed by atoms with van der Waals surface area (Å²) in [4.78, 5) is 27.1. The molecule has 0 radical (unpaired) electrons. The number of urea groups is 1. The van der Waals surface area contributed by atoms with Crippen molar-refractivity contribution in [2.45, 2.75) is 12.5 Å². The summed E-state index contributed by atoms with van der Waals surface area (Å²) in [6, 6.07) is 1.72. The van der Waals surface area contributed by atoms with Gasteiger partial charge in [0.2, 0.25) is 0 Å². The zero-order chi connectivity index (χ0) is 13.8. The Kier molecular flexibility index (Phi) is 2.35. The molecule has 3 amide bonds. The van der Waals surface area contributed by atoms with Crippen molar-refractivity contribution in [3.63, 3.8) is 0 Å². The van der Waals surface area contributed by atoms with Crippen molar-refractivity contribution < 1.29 is 9.59 Å². The Balaban J connectivity index is 1.71. The van der Waals surface area contributed by atoms with Gasteiger partial charge in [-0.2, -0.15) is 5.10 Å². The highest BCUT2D eigenvalue weighted by Crippen LogP contribution is 2.30. The van der Waals surface area contributed by atoms with Crippen LogP contribution < -0.4 is 5.32 Å². The Morgan fingerprint density at radius 3 is 2.58 bits per heavy atom. The highest BCUT2D eigenvalue weighted by atomic mass is 16.2. The Morgan fingerprint density at radius 2 is 2.11 bits per heavy atom. The number of aryl methyl sites for hydroxylation is 2. The summed E-state index contributed by atoms with van der Waals surface area (Å²) in [6.07, 6.45) is 0. The lowest BCUT2D eigenvalue weighted by Crippen LogP contribution is -2.70. The summed E-state index contributed by atoms with van der Waals surface area (Å²) in [5.74, 6) is -0.0675. The van der Waals surface area contributed by atoms with Crippen LogP contribution in [0.1, 0.15) is 16.2 Å². The number of rotatable bonds is 1. The third-order valence-corrected chi connectivity index (χ3v) is 4.18. The van der Waals surface area contributed by atoms with Gasteiger partial charge in [-0.3, -0.25) is 9.48 Å².